The number of aryl methyl sites for hydroxylation is 2. The van der Waals surface area contributed by atoms with Gasteiger partial charge in [-0.15, -0.1) is 11.3 Å². The number of rotatable bonds is 4. The van der Waals surface area contributed by atoms with Gasteiger partial charge in [-0.3, -0.25) is 9.59 Å². The molecule has 7 nitrogen and oxygen atoms in total. The SMILES string of the molecule is COc1cc(C)c(-c2nn(C(C)=O)cc2-c2csc(C)n2)c(OC(C)=O)c1. The molecule has 0 saturated heterocycles. The van der Waals surface area contributed by atoms with Crippen molar-refractivity contribution >= 4 is 23.2 Å². The van der Waals surface area contributed by atoms with Crippen molar-refractivity contribution in [3.63, 3.8) is 0 Å². The molecule has 1 aromatic carbocycles. The van der Waals surface area contributed by atoms with Crippen LogP contribution in [0.4, 0.5) is 0 Å². The molecule has 0 fully saturated rings. The number of aromatic nitrogens is 3. The fourth-order valence-electron chi connectivity index (χ4n) is 2.77. The molecule has 0 atom stereocenters. The monoisotopic (exact) mass is 385 g/mol. The number of carbonyl (C=O) groups excluding carboxylic acids is 2. The molecule has 140 valence electrons. The summed E-state index contributed by atoms with van der Waals surface area (Å²) in [6, 6.07) is 3.46. The highest BCUT2D eigenvalue weighted by Crippen LogP contribution is 2.41. The molecular weight excluding hydrogens is 366 g/mol. The van der Waals surface area contributed by atoms with Gasteiger partial charge < -0.3 is 9.47 Å². The van der Waals surface area contributed by atoms with E-state index >= 15 is 0 Å². The van der Waals surface area contributed by atoms with Crippen LogP contribution in [0.2, 0.25) is 0 Å². The van der Waals surface area contributed by atoms with Crippen LogP contribution in [0.25, 0.3) is 22.5 Å². The Hall–Kier alpha value is -3.00. The third-order valence-corrected chi connectivity index (χ3v) is 4.70. The molecule has 3 rings (SSSR count). The zero-order valence-corrected chi connectivity index (χ0v) is 16.5. The first-order valence-electron chi connectivity index (χ1n) is 8.20. The topological polar surface area (TPSA) is 83.3 Å². The molecule has 3 aromatic rings. The number of thiazole rings is 1. The van der Waals surface area contributed by atoms with Gasteiger partial charge in [0.15, 0.2) is 0 Å². The quantitative estimate of drug-likeness (QED) is 0.501. The molecule has 2 aromatic heterocycles. The van der Waals surface area contributed by atoms with Gasteiger partial charge in [-0.25, -0.2) is 9.67 Å². The van der Waals surface area contributed by atoms with Crippen molar-refractivity contribution < 1.29 is 19.1 Å². The zero-order valence-electron chi connectivity index (χ0n) is 15.7. The van der Waals surface area contributed by atoms with E-state index < -0.39 is 5.97 Å². The number of methoxy groups -OCH3 is 1. The van der Waals surface area contributed by atoms with Crippen molar-refractivity contribution in [2.24, 2.45) is 0 Å². The van der Waals surface area contributed by atoms with E-state index in [4.69, 9.17) is 9.47 Å². The van der Waals surface area contributed by atoms with E-state index in [0.29, 0.717) is 34.0 Å². The van der Waals surface area contributed by atoms with Gasteiger partial charge in [-0.1, -0.05) is 0 Å². The van der Waals surface area contributed by atoms with Gasteiger partial charge in [-0.05, 0) is 25.5 Å². The van der Waals surface area contributed by atoms with Crippen molar-refractivity contribution in [1.29, 1.82) is 0 Å². The van der Waals surface area contributed by atoms with Crippen LogP contribution in [0, 0.1) is 13.8 Å². The minimum Gasteiger partial charge on any atom is -0.497 e. The number of hydrogen-bond acceptors (Lipinski definition) is 7. The van der Waals surface area contributed by atoms with Crippen molar-refractivity contribution in [1.82, 2.24) is 14.8 Å². The van der Waals surface area contributed by atoms with Gasteiger partial charge >= 0.3 is 5.97 Å². The predicted molar refractivity (Wildman–Crippen MR) is 102 cm³/mol. The van der Waals surface area contributed by atoms with E-state index in [-0.39, 0.29) is 5.91 Å². The van der Waals surface area contributed by atoms with Crippen molar-refractivity contribution in [2.75, 3.05) is 7.11 Å². The summed E-state index contributed by atoms with van der Waals surface area (Å²) in [5.41, 5.74) is 3.34. The molecule has 0 saturated carbocycles. The molecule has 0 N–H and O–H groups in total. The molecular formula is C19H19N3O4S. The molecule has 27 heavy (non-hydrogen) atoms. The van der Waals surface area contributed by atoms with Crippen LogP contribution in [0.1, 0.15) is 29.2 Å². The number of ether oxygens (including phenoxy) is 2. The van der Waals surface area contributed by atoms with Gasteiger partial charge in [0.25, 0.3) is 0 Å². The summed E-state index contributed by atoms with van der Waals surface area (Å²) in [6.07, 6.45) is 1.65. The summed E-state index contributed by atoms with van der Waals surface area (Å²) in [5, 5.41) is 7.26. The highest BCUT2D eigenvalue weighted by atomic mass is 32.1. The largest absolute Gasteiger partial charge is 0.497 e. The minimum atomic E-state index is -0.457. The van der Waals surface area contributed by atoms with Crippen molar-refractivity contribution in [2.45, 2.75) is 27.7 Å². The second kappa shape index (κ2) is 7.32. The lowest BCUT2D eigenvalue weighted by Gasteiger charge is -2.13. The molecule has 0 unspecified atom stereocenters. The van der Waals surface area contributed by atoms with Crippen LogP contribution < -0.4 is 9.47 Å². The van der Waals surface area contributed by atoms with Crippen molar-refractivity contribution in [3.8, 4) is 34.0 Å². The van der Waals surface area contributed by atoms with Crippen LogP contribution in [0.3, 0.4) is 0 Å². The van der Waals surface area contributed by atoms with Gasteiger partial charge in [0, 0.05) is 42.6 Å². The molecule has 0 aliphatic rings. The van der Waals surface area contributed by atoms with Crippen LogP contribution in [0.15, 0.2) is 23.7 Å². The summed E-state index contributed by atoms with van der Waals surface area (Å²) in [4.78, 5) is 28.0. The minimum absolute atomic E-state index is 0.227. The van der Waals surface area contributed by atoms with Gasteiger partial charge in [0.05, 0.1) is 17.8 Å². The predicted octanol–water partition coefficient (Wildman–Crippen LogP) is 3.88. The Morgan fingerprint density at radius 2 is 1.93 bits per heavy atom. The normalized spacial score (nSPS) is 10.7. The molecule has 0 bridgehead atoms. The fraction of sp³-hybridized carbons (Fsp3) is 0.263. The van der Waals surface area contributed by atoms with E-state index in [1.54, 1.807) is 19.4 Å². The highest BCUT2D eigenvalue weighted by molar-refractivity contribution is 7.09. The Kier molecular flexibility index (Phi) is 5.09. The van der Waals surface area contributed by atoms with Crippen LogP contribution in [-0.2, 0) is 4.79 Å². The van der Waals surface area contributed by atoms with Gasteiger partial charge in [0.2, 0.25) is 5.91 Å². The van der Waals surface area contributed by atoms with Crippen LogP contribution in [-0.4, -0.2) is 33.8 Å². The molecule has 8 heteroatoms. The Balaban J connectivity index is 2.29. The van der Waals surface area contributed by atoms with E-state index in [9.17, 15) is 9.59 Å². The average Bonchev–Trinajstić information content (AvgIpc) is 3.20. The number of hydrogen-bond donors (Lipinski definition) is 0. The van der Waals surface area contributed by atoms with E-state index in [0.717, 1.165) is 10.6 Å². The Labute approximate surface area is 160 Å². The number of esters is 1. The number of carbonyl (C=O) groups is 2. The lowest BCUT2D eigenvalue weighted by atomic mass is 10.00. The first-order valence-corrected chi connectivity index (χ1v) is 9.08. The number of benzene rings is 1. The molecule has 0 aliphatic heterocycles. The fourth-order valence-corrected chi connectivity index (χ4v) is 3.39. The summed E-state index contributed by atoms with van der Waals surface area (Å²) >= 11 is 1.51. The Morgan fingerprint density at radius 1 is 1.19 bits per heavy atom. The molecule has 0 radical (unpaired) electrons. The smallest absolute Gasteiger partial charge is 0.308 e. The molecule has 2 heterocycles. The van der Waals surface area contributed by atoms with Gasteiger partial charge in [-0.2, -0.15) is 5.10 Å². The zero-order chi connectivity index (χ0) is 19.7. The first-order chi connectivity index (χ1) is 12.8. The van der Waals surface area contributed by atoms with E-state index in [1.165, 1.54) is 29.9 Å². The summed E-state index contributed by atoms with van der Waals surface area (Å²) in [7, 11) is 1.54. The molecule has 0 aliphatic carbocycles. The van der Waals surface area contributed by atoms with Crippen molar-refractivity contribution in [3.05, 3.63) is 34.3 Å². The maximum atomic E-state index is 11.9. The second-order valence-electron chi connectivity index (χ2n) is 6.02. The Morgan fingerprint density at radius 3 is 2.48 bits per heavy atom. The third-order valence-electron chi connectivity index (χ3n) is 3.93. The Bertz CT molecular complexity index is 1040. The lowest BCUT2D eigenvalue weighted by Crippen LogP contribution is -2.07. The molecule has 0 spiro atoms. The van der Waals surface area contributed by atoms with E-state index in [1.807, 2.05) is 25.3 Å². The average molecular weight is 385 g/mol. The summed E-state index contributed by atoms with van der Waals surface area (Å²) in [5.74, 6) is 0.196. The summed E-state index contributed by atoms with van der Waals surface area (Å²) < 4.78 is 12.0. The third kappa shape index (κ3) is 3.75. The van der Waals surface area contributed by atoms with E-state index in [2.05, 4.69) is 10.1 Å². The highest BCUT2D eigenvalue weighted by Gasteiger charge is 2.23. The summed E-state index contributed by atoms with van der Waals surface area (Å²) in [6.45, 7) is 6.54. The van der Waals surface area contributed by atoms with Gasteiger partial charge in [0.1, 0.15) is 17.2 Å². The second-order valence-corrected chi connectivity index (χ2v) is 7.08. The van der Waals surface area contributed by atoms with Crippen LogP contribution >= 0.6 is 11.3 Å². The first kappa shape index (κ1) is 18.8. The lowest BCUT2D eigenvalue weighted by molar-refractivity contribution is -0.131. The number of nitrogens with zero attached hydrogens (tertiary/aromatic N) is 3. The maximum absolute atomic E-state index is 11.9. The maximum Gasteiger partial charge on any atom is 0.308 e. The standard InChI is InChI=1S/C19H19N3O4S/c1-10-6-14(25-5)7-17(26-13(4)24)18(10)19-15(8-22(21-19)12(3)23)16-9-27-11(2)20-16/h6-9H,1-5H3. The molecule has 0 amide bonds. The van der Waals surface area contributed by atoms with Crippen LogP contribution in [0.5, 0.6) is 11.5 Å².